The van der Waals surface area contributed by atoms with E-state index in [1.165, 1.54) is 10.4 Å². The van der Waals surface area contributed by atoms with Crippen LogP contribution in [0.4, 0.5) is 0 Å². The van der Waals surface area contributed by atoms with Crippen LogP contribution in [0.2, 0.25) is 22.2 Å². The van der Waals surface area contributed by atoms with Gasteiger partial charge < -0.3 is 8.85 Å². The average molecular weight is 491 g/mol. The molecule has 0 fully saturated rings. The highest BCUT2D eigenvalue weighted by Gasteiger charge is 2.48. The van der Waals surface area contributed by atoms with Gasteiger partial charge >= 0.3 is 0 Å². The summed E-state index contributed by atoms with van der Waals surface area (Å²) in [6.45, 7) is 18.6. The van der Waals surface area contributed by atoms with Crippen molar-refractivity contribution in [2.75, 3.05) is 0 Å². The molecule has 0 saturated heterocycles. The SMILES string of the molecule is CC(C)[Si](Oc1ccccc1)(c1ccc([Si](Oc2ccccc2)(C(C)C)C(C)C)cc1)C(C)C. The summed E-state index contributed by atoms with van der Waals surface area (Å²) in [7, 11) is -4.61. The zero-order valence-corrected chi connectivity index (χ0v) is 24.2. The summed E-state index contributed by atoms with van der Waals surface area (Å²) in [5, 5.41) is 2.72. The second-order valence-corrected chi connectivity index (χ2v) is 20.0. The highest BCUT2D eigenvalue weighted by molar-refractivity contribution is 6.91. The maximum atomic E-state index is 6.95. The van der Waals surface area contributed by atoms with Crippen LogP contribution < -0.4 is 19.2 Å². The van der Waals surface area contributed by atoms with E-state index in [2.05, 4.69) is 128 Å². The van der Waals surface area contributed by atoms with Crippen LogP contribution in [-0.2, 0) is 0 Å². The summed E-state index contributed by atoms with van der Waals surface area (Å²) >= 11 is 0. The highest BCUT2D eigenvalue weighted by atomic mass is 28.4. The third kappa shape index (κ3) is 5.03. The molecule has 34 heavy (non-hydrogen) atoms. The summed E-state index contributed by atoms with van der Waals surface area (Å²) in [5.41, 5.74) is 1.76. The molecule has 0 unspecified atom stereocenters. The summed E-state index contributed by atoms with van der Waals surface area (Å²) in [4.78, 5) is 0. The van der Waals surface area contributed by atoms with Gasteiger partial charge in [-0.15, -0.1) is 0 Å². The standard InChI is InChI=1S/C30H42O2Si2/c1-23(2)33(24(3)4,31-27-15-11-9-12-16-27)29-19-21-30(22-20-29)34(25(5)6,26(7)8)32-28-17-13-10-14-18-28/h9-26H,1-8H3. The molecular formula is C30H42O2Si2. The monoisotopic (exact) mass is 490 g/mol. The number of benzene rings is 3. The largest absolute Gasteiger partial charge is 0.538 e. The molecule has 3 aromatic rings. The minimum Gasteiger partial charge on any atom is -0.538 e. The van der Waals surface area contributed by atoms with Gasteiger partial charge in [0, 0.05) is 0 Å². The fourth-order valence-corrected chi connectivity index (χ4v) is 14.6. The van der Waals surface area contributed by atoms with Gasteiger partial charge in [-0.05, 0) is 56.8 Å². The highest BCUT2D eigenvalue weighted by Crippen LogP contribution is 2.36. The van der Waals surface area contributed by atoms with Crippen LogP contribution in [0.5, 0.6) is 11.5 Å². The predicted molar refractivity (Wildman–Crippen MR) is 152 cm³/mol. The van der Waals surface area contributed by atoms with Gasteiger partial charge in [0.25, 0.3) is 16.6 Å². The number of para-hydroxylation sites is 2. The Bertz CT molecular complexity index is 912. The lowest BCUT2D eigenvalue weighted by atomic mass is 10.3. The van der Waals surface area contributed by atoms with E-state index >= 15 is 0 Å². The van der Waals surface area contributed by atoms with Crippen molar-refractivity contribution < 1.29 is 8.85 Å². The number of rotatable bonds is 10. The Balaban J connectivity index is 2.08. The Labute approximate surface area is 209 Å². The van der Waals surface area contributed by atoms with Gasteiger partial charge in [-0.1, -0.05) is 116 Å². The minimum atomic E-state index is -2.30. The summed E-state index contributed by atoms with van der Waals surface area (Å²) in [5.74, 6) is 1.95. The fraction of sp³-hybridized carbons (Fsp3) is 0.400. The lowest BCUT2D eigenvalue weighted by molar-refractivity contribution is 0.514. The third-order valence-electron chi connectivity index (χ3n) is 7.28. The molecular weight excluding hydrogens is 449 g/mol. The molecule has 0 bridgehead atoms. The first-order chi connectivity index (χ1) is 16.1. The molecule has 0 aliphatic carbocycles. The van der Waals surface area contributed by atoms with Crippen molar-refractivity contribution in [2.24, 2.45) is 0 Å². The molecule has 182 valence electrons. The van der Waals surface area contributed by atoms with E-state index in [1.807, 2.05) is 12.1 Å². The molecule has 0 amide bonds. The first kappa shape index (κ1) is 26.3. The second kappa shape index (κ2) is 11.0. The van der Waals surface area contributed by atoms with Crippen molar-refractivity contribution in [3.63, 3.8) is 0 Å². The van der Waals surface area contributed by atoms with Gasteiger partial charge in [-0.25, -0.2) is 0 Å². The predicted octanol–water partition coefficient (Wildman–Crippen LogP) is 7.79. The van der Waals surface area contributed by atoms with E-state index in [1.54, 1.807) is 0 Å². The van der Waals surface area contributed by atoms with Crippen molar-refractivity contribution in [2.45, 2.75) is 77.6 Å². The van der Waals surface area contributed by atoms with Crippen molar-refractivity contribution >= 4 is 27.0 Å². The Morgan fingerprint density at radius 2 is 0.676 bits per heavy atom. The zero-order valence-electron chi connectivity index (χ0n) is 22.2. The molecule has 0 aliphatic heterocycles. The minimum absolute atomic E-state index is 0.441. The van der Waals surface area contributed by atoms with Crippen LogP contribution in [0.1, 0.15) is 55.4 Å². The van der Waals surface area contributed by atoms with Gasteiger partial charge in [-0.2, -0.15) is 0 Å². The van der Waals surface area contributed by atoms with E-state index in [4.69, 9.17) is 8.85 Å². The number of hydrogen-bond acceptors (Lipinski definition) is 2. The third-order valence-corrected chi connectivity index (χ3v) is 17.8. The second-order valence-electron chi connectivity index (χ2n) is 10.6. The Kier molecular flexibility index (Phi) is 8.48. The summed E-state index contributed by atoms with van der Waals surface area (Å²) in [6, 6.07) is 30.1. The van der Waals surface area contributed by atoms with Gasteiger partial charge in [0.1, 0.15) is 11.5 Å². The lowest BCUT2D eigenvalue weighted by Crippen LogP contribution is -2.61. The normalized spacial score (nSPS) is 12.6. The average Bonchev–Trinajstić information content (AvgIpc) is 2.81. The van der Waals surface area contributed by atoms with E-state index in [9.17, 15) is 0 Å². The zero-order chi connectivity index (χ0) is 24.9. The van der Waals surface area contributed by atoms with E-state index in [0.717, 1.165) is 11.5 Å². The molecule has 0 radical (unpaired) electrons. The van der Waals surface area contributed by atoms with E-state index < -0.39 is 16.6 Å². The molecule has 2 nitrogen and oxygen atoms in total. The maximum absolute atomic E-state index is 6.95. The molecule has 0 spiro atoms. The van der Waals surface area contributed by atoms with Crippen LogP contribution in [0.15, 0.2) is 84.9 Å². The molecule has 0 N–H and O–H groups in total. The number of hydrogen-bond donors (Lipinski definition) is 0. The van der Waals surface area contributed by atoms with Crippen LogP contribution in [-0.4, -0.2) is 16.6 Å². The van der Waals surface area contributed by atoms with Crippen molar-refractivity contribution in [3.8, 4) is 11.5 Å². The van der Waals surface area contributed by atoms with Crippen LogP contribution in [0.3, 0.4) is 0 Å². The van der Waals surface area contributed by atoms with Crippen molar-refractivity contribution in [1.82, 2.24) is 0 Å². The molecule has 3 aromatic carbocycles. The summed E-state index contributed by atoms with van der Waals surface area (Å²) < 4.78 is 13.9. The first-order valence-electron chi connectivity index (χ1n) is 12.7. The van der Waals surface area contributed by atoms with E-state index in [0.29, 0.717) is 22.2 Å². The van der Waals surface area contributed by atoms with Gasteiger partial charge in [-0.3, -0.25) is 0 Å². The summed E-state index contributed by atoms with van der Waals surface area (Å²) in [6.07, 6.45) is 0. The lowest BCUT2D eigenvalue weighted by Gasteiger charge is -2.41. The molecule has 0 aromatic heterocycles. The molecule has 0 atom stereocenters. The van der Waals surface area contributed by atoms with Gasteiger partial charge in [0.2, 0.25) is 0 Å². The van der Waals surface area contributed by atoms with Crippen LogP contribution in [0, 0.1) is 0 Å². The fourth-order valence-electron chi connectivity index (χ4n) is 5.61. The van der Waals surface area contributed by atoms with E-state index in [-0.39, 0.29) is 0 Å². The maximum Gasteiger partial charge on any atom is 0.287 e. The topological polar surface area (TPSA) is 18.5 Å². The van der Waals surface area contributed by atoms with Crippen molar-refractivity contribution in [1.29, 1.82) is 0 Å². The van der Waals surface area contributed by atoms with Crippen LogP contribution in [0.25, 0.3) is 0 Å². The Morgan fingerprint density at radius 3 is 0.912 bits per heavy atom. The van der Waals surface area contributed by atoms with Crippen LogP contribution >= 0.6 is 0 Å². The molecule has 0 aliphatic rings. The molecule has 4 heteroatoms. The molecule has 0 saturated carbocycles. The quantitative estimate of drug-likeness (QED) is 0.270. The Morgan fingerprint density at radius 1 is 0.412 bits per heavy atom. The molecule has 0 heterocycles. The Hall–Kier alpha value is -2.31. The molecule has 3 rings (SSSR count). The van der Waals surface area contributed by atoms with Gasteiger partial charge in [0.05, 0.1) is 0 Å². The first-order valence-corrected chi connectivity index (χ1v) is 16.9. The smallest absolute Gasteiger partial charge is 0.287 e. The van der Waals surface area contributed by atoms with Crippen molar-refractivity contribution in [3.05, 3.63) is 84.9 Å². The van der Waals surface area contributed by atoms with Gasteiger partial charge in [0.15, 0.2) is 0 Å².